The van der Waals surface area contributed by atoms with Crippen molar-refractivity contribution < 1.29 is 0 Å². The average molecular weight is 281 g/mol. The van der Waals surface area contributed by atoms with E-state index in [0.717, 1.165) is 6.54 Å². The van der Waals surface area contributed by atoms with Gasteiger partial charge in [-0.05, 0) is 61.0 Å². The molecule has 112 valence electrons. The molecule has 0 aliphatic heterocycles. The van der Waals surface area contributed by atoms with Crippen molar-refractivity contribution in [2.24, 2.45) is 0 Å². The summed E-state index contributed by atoms with van der Waals surface area (Å²) in [6.07, 6.45) is 9.56. The molecule has 0 amide bonds. The van der Waals surface area contributed by atoms with Gasteiger partial charge in [-0.15, -0.1) is 0 Å². The van der Waals surface area contributed by atoms with Gasteiger partial charge in [0.25, 0.3) is 0 Å². The second-order valence-corrected chi connectivity index (χ2v) is 6.61. The zero-order valence-electron chi connectivity index (χ0n) is 13.2. The second kappa shape index (κ2) is 6.62. The third-order valence-electron chi connectivity index (χ3n) is 5.25. The van der Waals surface area contributed by atoms with Crippen LogP contribution in [0, 0.1) is 0 Å². The van der Waals surface area contributed by atoms with E-state index in [4.69, 9.17) is 0 Å². The summed E-state index contributed by atoms with van der Waals surface area (Å²) in [4.78, 5) is 0. The van der Waals surface area contributed by atoms with Crippen LogP contribution in [-0.4, -0.2) is 13.6 Å². The summed E-state index contributed by atoms with van der Waals surface area (Å²) in [5.41, 5.74) is 2.01. The van der Waals surface area contributed by atoms with Gasteiger partial charge in [-0.1, -0.05) is 61.7 Å². The Morgan fingerprint density at radius 3 is 2.48 bits per heavy atom. The van der Waals surface area contributed by atoms with Gasteiger partial charge in [0.2, 0.25) is 0 Å². The molecule has 1 aliphatic rings. The Bertz CT molecular complexity index is 581. The molecule has 21 heavy (non-hydrogen) atoms. The van der Waals surface area contributed by atoms with Gasteiger partial charge in [0.15, 0.2) is 0 Å². The summed E-state index contributed by atoms with van der Waals surface area (Å²) in [6, 6.07) is 15.9. The fourth-order valence-corrected chi connectivity index (χ4v) is 4.03. The molecule has 1 heteroatoms. The summed E-state index contributed by atoms with van der Waals surface area (Å²) in [6.45, 7) is 1.13. The zero-order chi connectivity index (χ0) is 14.5. The van der Waals surface area contributed by atoms with Crippen molar-refractivity contribution >= 4 is 10.8 Å². The maximum Gasteiger partial charge on any atom is -0.00463 e. The molecule has 0 heterocycles. The monoisotopic (exact) mass is 281 g/mol. The van der Waals surface area contributed by atoms with Crippen LogP contribution in [0.3, 0.4) is 0 Å². The van der Waals surface area contributed by atoms with E-state index in [9.17, 15) is 0 Å². The lowest BCUT2D eigenvalue weighted by molar-refractivity contribution is 0.268. The van der Waals surface area contributed by atoms with E-state index in [1.807, 2.05) is 0 Å². The second-order valence-electron chi connectivity index (χ2n) is 6.61. The number of benzene rings is 2. The molecule has 0 unspecified atom stereocenters. The van der Waals surface area contributed by atoms with Crippen molar-refractivity contribution in [1.29, 1.82) is 0 Å². The molecule has 0 atom stereocenters. The SMILES string of the molecule is CNCCCC1(c2ccc3ccccc3c2)CCCCC1. The van der Waals surface area contributed by atoms with Crippen LogP contribution in [0.5, 0.6) is 0 Å². The van der Waals surface area contributed by atoms with E-state index in [1.165, 1.54) is 55.7 Å². The molecule has 0 radical (unpaired) electrons. The third kappa shape index (κ3) is 3.13. The highest BCUT2D eigenvalue weighted by molar-refractivity contribution is 5.83. The van der Waals surface area contributed by atoms with Crippen molar-refractivity contribution in [3.05, 3.63) is 48.0 Å². The Balaban J connectivity index is 1.92. The predicted molar refractivity (Wildman–Crippen MR) is 91.9 cm³/mol. The van der Waals surface area contributed by atoms with Gasteiger partial charge in [-0.25, -0.2) is 0 Å². The third-order valence-corrected chi connectivity index (χ3v) is 5.25. The normalized spacial score (nSPS) is 18.0. The van der Waals surface area contributed by atoms with Crippen LogP contribution in [0.25, 0.3) is 10.8 Å². The summed E-state index contributed by atoms with van der Waals surface area (Å²) >= 11 is 0. The molecule has 1 N–H and O–H groups in total. The van der Waals surface area contributed by atoms with Crippen molar-refractivity contribution in [2.45, 2.75) is 50.4 Å². The smallest absolute Gasteiger partial charge is 0.00463 e. The highest BCUT2D eigenvalue weighted by atomic mass is 14.8. The Morgan fingerprint density at radius 1 is 0.952 bits per heavy atom. The minimum Gasteiger partial charge on any atom is -0.320 e. The van der Waals surface area contributed by atoms with Crippen molar-refractivity contribution in [3.8, 4) is 0 Å². The van der Waals surface area contributed by atoms with Crippen LogP contribution in [0.2, 0.25) is 0 Å². The molecule has 3 rings (SSSR count). The van der Waals surface area contributed by atoms with Crippen molar-refractivity contribution in [3.63, 3.8) is 0 Å². The summed E-state index contributed by atoms with van der Waals surface area (Å²) in [7, 11) is 2.06. The molecule has 1 nitrogen and oxygen atoms in total. The van der Waals surface area contributed by atoms with Gasteiger partial charge >= 0.3 is 0 Å². The van der Waals surface area contributed by atoms with Gasteiger partial charge < -0.3 is 5.32 Å². The van der Waals surface area contributed by atoms with E-state index in [1.54, 1.807) is 5.56 Å². The molecular weight excluding hydrogens is 254 g/mol. The van der Waals surface area contributed by atoms with Crippen LogP contribution >= 0.6 is 0 Å². The van der Waals surface area contributed by atoms with E-state index < -0.39 is 0 Å². The molecule has 1 fully saturated rings. The van der Waals surface area contributed by atoms with Gasteiger partial charge in [-0.2, -0.15) is 0 Å². The first kappa shape index (κ1) is 14.6. The first-order valence-corrected chi connectivity index (χ1v) is 8.48. The largest absolute Gasteiger partial charge is 0.320 e. The van der Waals surface area contributed by atoms with Crippen LogP contribution < -0.4 is 5.32 Å². The van der Waals surface area contributed by atoms with Gasteiger partial charge in [0.05, 0.1) is 0 Å². The lowest BCUT2D eigenvalue weighted by Crippen LogP contribution is -2.30. The number of hydrogen-bond donors (Lipinski definition) is 1. The Morgan fingerprint density at radius 2 is 1.71 bits per heavy atom. The number of fused-ring (bicyclic) bond motifs is 1. The lowest BCUT2D eigenvalue weighted by Gasteiger charge is -2.38. The number of nitrogens with one attached hydrogen (secondary N) is 1. The van der Waals surface area contributed by atoms with Crippen molar-refractivity contribution in [2.75, 3.05) is 13.6 Å². The summed E-state index contributed by atoms with van der Waals surface area (Å²) < 4.78 is 0. The molecule has 2 aromatic carbocycles. The standard InChI is InChI=1S/C20H27N/c1-21-15-7-14-20(12-5-2-6-13-20)19-11-10-17-8-3-4-9-18(17)16-19/h3-4,8-11,16,21H,2,5-7,12-15H2,1H3. The fraction of sp³-hybridized carbons (Fsp3) is 0.500. The quantitative estimate of drug-likeness (QED) is 0.757. The van der Waals surface area contributed by atoms with Crippen LogP contribution in [0.4, 0.5) is 0 Å². The zero-order valence-corrected chi connectivity index (χ0v) is 13.2. The molecule has 0 aromatic heterocycles. The molecule has 0 spiro atoms. The fourth-order valence-electron chi connectivity index (χ4n) is 4.03. The van der Waals surface area contributed by atoms with E-state index in [0.29, 0.717) is 5.41 Å². The first-order chi connectivity index (χ1) is 10.3. The summed E-state index contributed by atoms with van der Waals surface area (Å²) in [5.74, 6) is 0. The lowest BCUT2D eigenvalue weighted by atomic mass is 9.66. The summed E-state index contributed by atoms with van der Waals surface area (Å²) in [5, 5.41) is 6.07. The Labute approximate surface area is 128 Å². The number of rotatable bonds is 5. The molecule has 1 saturated carbocycles. The Kier molecular flexibility index (Phi) is 4.60. The minimum atomic E-state index is 0.430. The molecule has 2 aromatic rings. The van der Waals surface area contributed by atoms with Crippen LogP contribution in [-0.2, 0) is 5.41 Å². The highest BCUT2D eigenvalue weighted by Gasteiger charge is 2.33. The van der Waals surface area contributed by atoms with Gasteiger partial charge in [0, 0.05) is 0 Å². The van der Waals surface area contributed by atoms with E-state index >= 15 is 0 Å². The first-order valence-electron chi connectivity index (χ1n) is 8.48. The van der Waals surface area contributed by atoms with Gasteiger partial charge in [-0.3, -0.25) is 0 Å². The number of hydrogen-bond acceptors (Lipinski definition) is 1. The Hall–Kier alpha value is -1.34. The molecule has 1 aliphatic carbocycles. The van der Waals surface area contributed by atoms with Crippen LogP contribution in [0.1, 0.15) is 50.5 Å². The average Bonchev–Trinajstić information content (AvgIpc) is 2.55. The van der Waals surface area contributed by atoms with Crippen LogP contribution in [0.15, 0.2) is 42.5 Å². The highest BCUT2D eigenvalue weighted by Crippen LogP contribution is 2.43. The molecule has 0 bridgehead atoms. The molecule has 0 saturated heterocycles. The van der Waals surface area contributed by atoms with E-state index in [2.05, 4.69) is 54.8 Å². The maximum atomic E-state index is 3.31. The minimum absolute atomic E-state index is 0.430. The van der Waals surface area contributed by atoms with E-state index in [-0.39, 0.29) is 0 Å². The van der Waals surface area contributed by atoms with Gasteiger partial charge in [0.1, 0.15) is 0 Å². The predicted octanol–water partition coefficient (Wildman–Crippen LogP) is 5.04. The van der Waals surface area contributed by atoms with Crippen molar-refractivity contribution in [1.82, 2.24) is 5.32 Å². The molecular formula is C20H27N. The maximum absolute atomic E-state index is 3.31. The topological polar surface area (TPSA) is 12.0 Å².